The first kappa shape index (κ1) is 25.5. The zero-order valence-corrected chi connectivity index (χ0v) is 20.9. The third kappa shape index (κ3) is 7.97. The summed E-state index contributed by atoms with van der Waals surface area (Å²) in [5.41, 5.74) is 5.01. The summed E-state index contributed by atoms with van der Waals surface area (Å²) in [6, 6.07) is 32.4. The van der Waals surface area contributed by atoms with Gasteiger partial charge in [-0.3, -0.25) is 9.59 Å². The molecular weight excluding hydrogens is 462 g/mol. The molecule has 4 aromatic carbocycles. The Morgan fingerprint density at radius 1 is 0.757 bits per heavy atom. The average molecular weight is 494 g/mol. The van der Waals surface area contributed by atoms with Gasteiger partial charge in [0.25, 0.3) is 5.91 Å². The van der Waals surface area contributed by atoms with E-state index >= 15 is 0 Å². The molecule has 0 spiro atoms. The smallest absolute Gasteiger partial charge is 0.255 e. The molecule has 188 valence electrons. The number of carbonyl (C=O) groups is 2. The highest BCUT2D eigenvalue weighted by molar-refractivity contribution is 6.04. The lowest BCUT2D eigenvalue weighted by Gasteiger charge is -2.13. The summed E-state index contributed by atoms with van der Waals surface area (Å²) in [5, 5.41) is 8.91. The number of ether oxygens (including phenoxy) is 1. The van der Waals surface area contributed by atoms with E-state index in [9.17, 15) is 9.59 Å². The van der Waals surface area contributed by atoms with Gasteiger partial charge in [0, 0.05) is 16.9 Å². The molecule has 0 aliphatic carbocycles. The summed E-state index contributed by atoms with van der Waals surface area (Å²) in [6.07, 6.45) is 1.82. The highest BCUT2D eigenvalue weighted by atomic mass is 16.5. The van der Waals surface area contributed by atoms with Gasteiger partial charge in [-0.15, -0.1) is 0 Å². The van der Waals surface area contributed by atoms with Crippen LogP contribution in [0.4, 0.5) is 17.1 Å². The van der Waals surface area contributed by atoms with Crippen molar-refractivity contribution in [2.24, 2.45) is 0 Å². The molecular formula is C31H31N3O3. The summed E-state index contributed by atoms with van der Waals surface area (Å²) >= 11 is 0. The second-order valence-corrected chi connectivity index (χ2v) is 8.74. The van der Waals surface area contributed by atoms with E-state index in [1.54, 1.807) is 18.2 Å². The quantitative estimate of drug-likeness (QED) is 0.214. The first-order valence-corrected chi connectivity index (χ1v) is 12.3. The Morgan fingerprint density at radius 2 is 1.49 bits per heavy atom. The molecule has 3 N–H and O–H groups in total. The molecule has 0 saturated heterocycles. The monoisotopic (exact) mass is 493 g/mol. The minimum atomic E-state index is -0.183. The first-order valence-electron chi connectivity index (χ1n) is 12.3. The maximum Gasteiger partial charge on any atom is 0.255 e. The molecule has 0 saturated carbocycles. The van der Waals surface area contributed by atoms with Crippen LogP contribution in [0.25, 0.3) is 0 Å². The topological polar surface area (TPSA) is 79.5 Å². The van der Waals surface area contributed by atoms with Crippen LogP contribution in [0.15, 0.2) is 103 Å². The SMILES string of the molecule is Cc1cccc(C(=O)Nc2ccc(NCC(=O)Nc3ccccc3OCCCc3ccccc3)cc2)c1. The van der Waals surface area contributed by atoms with E-state index in [0.29, 0.717) is 29.3 Å². The van der Waals surface area contributed by atoms with Gasteiger partial charge in [-0.2, -0.15) is 0 Å². The van der Waals surface area contributed by atoms with Crippen molar-refractivity contribution in [2.75, 3.05) is 29.1 Å². The van der Waals surface area contributed by atoms with Gasteiger partial charge in [-0.05, 0) is 73.9 Å². The Bertz CT molecular complexity index is 1320. The second-order valence-electron chi connectivity index (χ2n) is 8.74. The van der Waals surface area contributed by atoms with Gasteiger partial charge >= 0.3 is 0 Å². The summed E-state index contributed by atoms with van der Waals surface area (Å²) in [6.45, 7) is 2.61. The molecule has 4 rings (SSSR count). The normalized spacial score (nSPS) is 10.4. The van der Waals surface area contributed by atoms with Crippen LogP contribution in [0.1, 0.15) is 27.9 Å². The van der Waals surface area contributed by atoms with Crippen molar-refractivity contribution in [2.45, 2.75) is 19.8 Å². The molecule has 6 heteroatoms. The molecule has 0 atom stereocenters. The molecule has 0 bridgehead atoms. The van der Waals surface area contributed by atoms with Gasteiger partial charge in [-0.25, -0.2) is 0 Å². The van der Waals surface area contributed by atoms with Gasteiger partial charge in [0.05, 0.1) is 18.8 Å². The van der Waals surface area contributed by atoms with Gasteiger partial charge in [0.15, 0.2) is 0 Å². The Morgan fingerprint density at radius 3 is 2.27 bits per heavy atom. The maximum absolute atomic E-state index is 12.6. The van der Waals surface area contributed by atoms with E-state index < -0.39 is 0 Å². The molecule has 0 radical (unpaired) electrons. The summed E-state index contributed by atoms with van der Waals surface area (Å²) < 4.78 is 5.94. The molecule has 0 aliphatic rings. The largest absolute Gasteiger partial charge is 0.491 e. The molecule has 37 heavy (non-hydrogen) atoms. The van der Waals surface area contributed by atoms with E-state index in [-0.39, 0.29) is 18.4 Å². The number of rotatable bonds is 11. The zero-order valence-electron chi connectivity index (χ0n) is 20.9. The molecule has 0 aromatic heterocycles. The Labute approximate surface area is 217 Å². The van der Waals surface area contributed by atoms with Crippen LogP contribution < -0.4 is 20.7 Å². The number of amides is 2. The van der Waals surface area contributed by atoms with Crippen molar-refractivity contribution >= 4 is 28.9 Å². The lowest BCUT2D eigenvalue weighted by atomic mass is 10.1. The first-order chi connectivity index (χ1) is 18.1. The second kappa shape index (κ2) is 12.9. The Hall–Kier alpha value is -4.58. The van der Waals surface area contributed by atoms with Gasteiger partial charge < -0.3 is 20.7 Å². The Balaban J connectivity index is 1.23. The summed E-state index contributed by atoms with van der Waals surface area (Å²) in [5.74, 6) is 0.305. The molecule has 0 heterocycles. The van der Waals surface area contributed by atoms with Crippen LogP contribution >= 0.6 is 0 Å². The van der Waals surface area contributed by atoms with Crippen molar-refractivity contribution < 1.29 is 14.3 Å². The number of hydrogen-bond donors (Lipinski definition) is 3. The van der Waals surface area contributed by atoms with Crippen LogP contribution in [-0.2, 0) is 11.2 Å². The number of para-hydroxylation sites is 2. The van der Waals surface area contributed by atoms with Gasteiger partial charge in [-0.1, -0.05) is 60.2 Å². The van der Waals surface area contributed by atoms with Crippen LogP contribution in [-0.4, -0.2) is 25.0 Å². The van der Waals surface area contributed by atoms with Crippen molar-refractivity contribution in [3.63, 3.8) is 0 Å². The predicted molar refractivity (Wildman–Crippen MR) is 149 cm³/mol. The van der Waals surface area contributed by atoms with Crippen molar-refractivity contribution in [1.29, 1.82) is 0 Å². The molecule has 0 fully saturated rings. The predicted octanol–water partition coefficient (Wildman–Crippen LogP) is 6.31. The third-order valence-electron chi connectivity index (χ3n) is 5.75. The fourth-order valence-corrected chi connectivity index (χ4v) is 3.84. The van der Waals surface area contributed by atoms with Crippen LogP contribution in [0.2, 0.25) is 0 Å². The summed E-state index contributed by atoms with van der Waals surface area (Å²) in [7, 11) is 0. The number of benzene rings is 4. The number of anilines is 3. The summed E-state index contributed by atoms with van der Waals surface area (Å²) in [4.78, 5) is 25.0. The van der Waals surface area contributed by atoms with Crippen LogP contribution in [0.3, 0.4) is 0 Å². The lowest BCUT2D eigenvalue weighted by Crippen LogP contribution is -2.22. The number of carbonyl (C=O) groups excluding carboxylic acids is 2. The minimum absolute atomic E-state index is 0.0946. The van der Waals surface area contributed by atoms with E-state index in [1.165, 1.54) is 5.56 Å². The van der Waals surface area contributed by atoms with Crippen LogP contribution in [0, 0.1) is 6.92 Å². The lowest BCUT2D eigenvalue weighted by molar-refractivity contribution is -0.114. The van der Waals surface area contributed by atoms with E-state index in [1.807, 2.05) is 79.7 Å². The molecule has 4 aromatic rings. The molecule has 2 amide bonds. The van der Waals surface area contributed by atoms with E-state index in [4.69, 9.17) is 4.74 Å². The van der Waals surface area contributed by atoms with Gasteiger partial charge in [0.1, 0.15) is 5.75 Å². The maximum atomic E-state index is 12.6. The highest BCUT2D eigenvalue weighted by Crippen LogP contribution is 2.24. The minimum Gasteiger partial charge on any atom is -0.491 e. The third-order valence-corrected chi connectivity index (χ3v) is 5.75. The van der Waals surface area contributed by atoms with Crippen molar-refractivity contribution in [3.05, 3.63) is 120 Å². The van der Waals surface area contributed by atoms with Gasteiger partial charge in [0.2, 0.25) is 5.91 Å². The zero-order chi connectivity index (χ0) is 25.9. The standard InChI is InChI=1S/C31H31N3O3/c1-23-9-7-13-25(21-23)31(36)33-27-18-16-26(17-19-27)32-22-30(35)34-28-14-5-6-15-29(28)37-20-8-12-24-10-3-2-4-11-24/h2-7,9-11,13-19,21,32H,8,12,20,22H2,1H3,(H,33,36)(H,34,35). The van der Waals surface area contributed by atoms with E-state index in [2.05, 4.69) is 28.1 Å². The van der Waals surface area contributed by atoms with Crippen LogP contribution in [0.5, 0.6) is 5.75 Å². The average Bonchev–Trinajstić information content (AvgIpc) is 2.92. The fourth-order valence-electron chi connectivity index (χ4n) is 3.84. The molecule has 6 nitrogen and oxygen atoms in total. The van der Waals surface area contributed by atoms with E-state index in [0.717, 1.165) is 24.1 Å². The Kier molecular flexibility index (Phi) is 8.92. The molecule has 0 aliphatic heterocycles. The molecule has 0 unspecified atom stereocenters. The van der Waals surface area contributed by atoms with Crippen molar-refractivity contribution in [3.8, 4) is 5.75 Å². The van der Waals surface area contributed by atoms with Crippen molar-refractivity contribution in [1.82, 2.24) is 0 Å². The number of hydrogen-bond acceptors (Lipinski definition) is 4. The number of aryl methyl sites for hydroxylation is 2. The highest BCUT2D eigenvalue weighted by Gasteiger charge is 2.09. The fraction of sp³-hybridized carbons (Fsp3) is 0.161. The number of nitrogens with one attached hydrogen (secondary N) is 3.